The van der Waals surface area contributed by atoms with Crippen molar-refractivity contribution in [3.63, 3.8) is 0 Å². The molecule has 31 heavy (non-hydrogen) atoms. The minimum atomic E-state index is -0.490. The molecule has 0 radical (unpaired) electrons. The summed E-state index contributed by atoms with van der Waals surface area (Å²) >= 11 is 0.876. The Hall–Kier alpha value is -3.33. The third kappa shape index (κ3) is 4.88. The van der Waals surface area contributed by atoms with Crippen molar-refractivity contribution >= 4 is 40.9 Å². The van der Waals surface area contributed by atoms with Crippen LogP contribution in [0.5, 0.6) is 0 Å². The van der Waals surface area contributed by atoms with E-state index in [2.05, 4.69) is 10.3 Å². The van der Waals surface area contributed by atoms with Crippen LogP contribution in [0.15, 0.2) is 35.2 Å². The number of rotatable bonds is 7. The molecule has 0 unspecified atom stereocenters. The summed E-state index contributed by atoms with van der Waals surface area (Å²) in [7, 11) is 0. The average molecular weight is 442 g/mol. The van der Waals surface area contributed by atoms with Gasteiger partial charge in [-0.25, -0.2) is 4.79 Å². The Morgan fingerprint density at radius 2 is 1.90 bits per heavy atom. The standard InChI is InChI=1S/C22H23N3O5S/c1-4-30-21(28)17-13(2)18(24-14(17)3)19(26)23-10-11-25-20(27)16(31-22(25)29)12-15-8-6-5-7-9-15/h5-9,12,24H,4,10-11H2,1-3H3,(H,23,26)/b16-12-. The van der Waals surface area contributed by atoms with Gasteiger partial charge in [0.1, 0.15) is 5.69 Å². The third-order valence-corrected chi connectivity index (χ3v) is 5.64. The number of carbonyl (C=O) groups is 4. The smallest absolute Gasteiger partial charge is 0.340 e. The summed E-state index contributed by atoms with van der Waals surface area (Å²) in [5.74, 6) is -1.30. The maximum absolute atomic E-state index is 12.6. The van der Waals surface area contributed by atoms with Gasteiger partial charge in [0, 0.05) is 18.8 Å². The first kappa shape index (κ1) is 22.4. The van der Waals surface area contributed by atoms with Crippen molar-refractivity contribution < 1.29 is 23.9 Å². The summed E-state index contributed by atoms with van der Waals surface area (Å²) < 4.78 is 5.03. The number of aryl methyl sites for hydroxylation is 1. The maximum atomic E-state index is 12.6. The first-order chi connectivity index (χ1) is 14.8. The largest absolute Gasteiger partial charge is 0.462 e. The predicted molar refractivity (Wildman–Crippen MR) is 118 cm³/mol. The lowest BCUT2D eigenvalue weighted by Gasteiger charge is -2.13. The number of thioether (sulfide) groups is 1. The van der Waals surface area contributed by atoms with Crippen molar-refractivity contribution in [2.24, 2.45) is 0 Å². The average Bonchev–Trinajstić information content (AvgIpc) is 3.18. The highest BCUT2D eigenvalue weighted by Gasteiger charge is 2.34. The van der Waals surface area contributed by atoms with Crippen LogP contribution < -0.4 is 5.32 Å². The number of aromatic nitrogens is 1. The number of amides is 3. The van der Waals surface area contributed by atoms with Crippen LogP contribution in [0.25, 0.3) is 6.08 Å². The first-order valence-corrected chi connectivity index (χ1v) is 10.6. The van der Waals surface area contributed by atoms with Crippen LogP contribution in [0.2, 0.25) is 0 Å². The van der Waals surface area contributed by atoms with Gasteiger partial charge >= 0.3 is 5.97 Å². The van der Waals surface area contributed by atoms with Crippen molar-refractivity contribution in [1.82, 2.24) is 15.2 Å². The fourth-order valence-electron chi connectivity index (χ4n) is 3.25. The number of carbonyl (C=O) groups excluding carboxylic acids is 4. The van der Waals surface area contributed by atoms with Gasteiger partial charge in [-0.15, -0.1) is 0 Å². The molecule has 3 rings (SSSR count). The second kappa shape index (κ2) is 9.65. The Morgan fingerprint density at radius 3 is 2.58 bits per heavy atom. The molecule has 0 aliphatic carbocycles. The van der Waals surface area contributed by atoms with Crippen LogP contribution in [0.1, 0.15) is 44.6 Å². The molecule has 3 amide bonds. The van der Waals surface area contributed by atoms with Crippen LogP contribution >= 0.6 is 11.8 Å². The summed E-state index contributed by atoms with van der Waals surface area (Å²) in [6, 6.07) is 9.26. The van der Waals surface area contributed by atoms with E-state index in [4.69, 9.17) is 4.74 Å². The number of imide groups is 1. The van der Waals surface area contributed by atoms with E-state index in [1.54, 1.807) is 26.8 Å². The van der Waals surface area contributed by atoms with E-state index in [1.807, 2.05) is 30.3 Å². The fourth-order valence-corrected chi connectivity index (χ4v) is 4.11. The van der Waals surface area contributed by atoms with Gasteiger partial charge in [0.2, 0.25) is 0 Å². The second-order valence-electron chi connectivity index (χ2n) is 6.85. The van der Waals surface area contributed by atoms with Crippen molar-refractivity contribution in [2.45, 2.75) is 20.8 Å². The van der Waals surface area contributed by atoms with Gasteiger partial charge in [0.15, 0.2) is 0 Å². The quantitative estimate of drug-likeness (QED) is 0.504. The molecule has 1 aliphatic rings. The van der Waals surface area contributed by atoms with Crippen LogP contribution in [-0.2, 0) is 9.53 Å². The zero-order valence-electron chi connectivity index (χ0n) is 17.5. The molecule has 1 aliphatic heterocycles. The van der Waals surface area contributed by atoms with Gasteiger partial charge in [-0.3, -0.25) is 19.3 Å². The fraction of sp³-hybridized carbons (Fsp3) is 0.273. The maximum Gasteiger partial charge on any atom is 0.340 e. The number of ether oxygens (including phenoxy) is 1. The first-order valence-electron chi connectivity index (χ1n) is 9.78. The molecule has 1 saturated heterocycles. The molecular formula is C22H23N3O5S. The van der Waals surface area contributed by atoms with Crippen molar-refractivity contribution in [3.05, 3.63) is 63.3 Å². The second-order valence-corrected chi connectivity index (χ2v) is 7.84. The highest BCUT2D eigenvalue weighted by atomic mass is 32.2. The number of nitrogens with one attached hydrogen (secondary N) is 2. The topological polar surface area (TPSA) is 109 Å². The number of H-pyrrole nitrogens is 1. The minimum absolute atomic E-state index is 0.0476. The molecular weight excluding hydrogens is 418 g/mol. The van der Waals surface area contributed by atoms with Crippen LogP contribution in [0, 0.1) is 13.8 Å². The summed E-state index contributed by atoms with van der Waals surface area (Å²) in [6.07, 6.45) is 1.67. The number of benzene rings is 1. The SMILES string of the molecule is CCOC(=O)c1c(C)[nH]c(C(=O)NCCN2C(=O)S/C(=C\c3ccccc3)C2=O)c1C. The van der Waals surface area contributed by atoms with E-state index in [0.29, 0.717) is 21.7 Å². The monoisotopic (exact) mass is 441 g/mol. The lowest BCUT2D eigenvalue weighted by molar-refractivity contribution is -0.122. The van der Waals surface area contributed by atoms with Crippen LogP contribution in [-0.4, -0.2) is 52.6 Å². The zero-order valence-corrected chi connectivity index (χ0v) is 18.3. The molecule has 0 spiro atoms. The normalized spacial score (nSPS) is 14.9. The van der Waals surface area contributed by atoms with Gasteiger partial charge in [0.25, 0.3) is 17.1 Å². The molecule has 2 heterocycles. The summed E-state index contributed by atoms with van der Waals surface area (Å²) in [6.45, 7) is 5.43. The van der Waals surface area contributed by atoms with E-state index >= 15 is 0 Å². The van der Waals surface area contributed by atoms with E-state index in [-0.39, 0.29) is 36.5 Å². The lowest BCUT2D eigenvalue weighted by atomic mass is 10.1. The van der Waals surface area contributed by atoms with E-state index < -0.39 is 11.9 Å². The third-order valence-electron chi connectivity index (χ3n) is 4.74. The Balaban J connectivity index is 1.61. The Bertz CT molecular complexity index is 1060. The highest BCUT2D eigenvalue weighted by molar-refractivity contribution is 8.18. The number of hydrogen-bond donors (Lipinski definition) is 2. The predicted octanol–water partition coefficient (Wildman–Crippen LogP) is 3.27. The molecule has 2 aromatic rings. The van der Waals surface area contributed by atoms with E-state index in [1.165, 1.54) is 0 Å². The van der Waals surface area contributed by atoms with Crippen molar-refractivity contribution in [1.29, 1.82) is 0 Å². The zero-order chi connectivity index (χ0) is 22.5. The molecule has 2 N–H and O–H groups in total. The van der Waals surface area contributed by atoms with Gasteiger partial charge in [-0.05, 0) is 49.7 Å². The van der Waals surface area contributed by atoms with Crippen LogP contribution in [0.4, 0.5) is 4.79 Å². The summed E-state index contributed by atoms with van der Waals surface area (Å²) in [5, 5.41) is 2.31. The number of aromatic amines is 1. The summed E-state index contributed by atoms with van der Waals surface area (Å²) in [4.78, 5) is 53.8. The molecule has 1 aromatic carbocycles. The Kier molecular flexibility index (Phi) is 6.96. The number of nitrogens with zero attached hydrogens (tertiary/aromatic N) is 1. The number of esters is 1. The summed E-state index contributed by atoms with van der Waals surface area (Å²) in [5.41, 5.74) is 2.45. The Labute approximate surface area is 184 Å². The Morgan fingerprint density at radius 1 is 1.19 bits per heavy atom. The molecule has 0 atom stereocenters. The molecule has 162 valence electrons. The van der Waals surface area contributed by atoms with E-state index in [9.17, 15) is 19.2 Å². The van der Waals surface area contributed by atoms with Gasteiger partial charge in [0.05, 0.1) is 17.1 Å². The van der Waals surface area contributed by atoms with E-state index in [0.717, 1.165) is 22.2 Å². The highest BCUT2D eigenvalue weighted by Crippen LogP contribution is 2.31. The number of hydrogen-bond acceptors (Lipinski definition) is 6. The molecule has 9 heteroatoms. The molecule has 1 fully saturated rings. The molecule has 0 bridgehead atoms. The van der Waals surface area contributed by atoms with Gasteiger partial charge < -0.3 is 15.0 Å². The van der Waals surface area contributed by atoms with Crippen LogP contribution in [0.3, 0.4) is 0 Å². The lowest BCUT2D eigenvalue weighted by Crippen LogP contribution is -2.37. The molecule has 0 saturated carbocycles. The molecule has 8 nitrogen and oxygen atoms in total. The van der Waals surface area contributed by atoms with Crippen molar-refractivity contribution in [3.8, 4) is 0 Å². The van der Waals surface area contributed by atoms with Gasteiger partial charge in [-0.2, -0.15) is 0 Å². The minimum Gasteiger partial charge on any atom is -0.462 e. The van der Waals surface area contributed by atoms with Gasteiger partial charge in [-0.1, -0.05) is 30.3 Å². The molecule has 1 aromatic heterocycles. The van der Waals surface area contributed by atoms with Crippen molar-refractivity contribution in [2.75, 3.05) is 19.7 Å².